The van der Waals surface area contributed by atoms with Gasteiger partial charge < -0.3 is 10.2 Å². The van der Waals surface area contributed by atoms with Crippen molar-refractivity contribution in [3.05, 3.63) is 17.6 Å². The summed E-state index contributed by atoms with van der Waals surface area (Å²) in [5, 5.41) is 0. The topological polar surface area (TPSA) is 73.1 Å². The van der Waals surface area contributed by atoms with E-state index in [-0.39, 0.29) is 5.60 Å². The molecule has 5 heteroatoms. The number of nitrogen functional groups attached to an aromatic ring is 1. The Morgan fingerprint density at radius 2 is 2.06 bits per heavy atom. The molecule has 0 spiro atoms. The van der Waals surface area contributed by atoms with Crippen molar-refractivity contribution in [3.8, 4) is 0 Å². The normalized spacial score (nSPS) is 17.9. The number of ether oxygens (including phenoxy) is 1. The van der Waals surface area contributed by atoms with Gasteiger partial charge in [0.25, 0.3) is 0 Å². The predicted octanol–water partition coefficient (Wildman–Crippen LogP) is 2.13. The SMILES string of the molecule is CCOC1(c2nc(CC)cc(NN)n2)CCCC1. The summed E-state index contributed by atoms with van der Waals surface area (Å²) in [7, 11) is 0. The molecule has 1 aliphatic rings. The third-order valence-corrected chi connectivity index (χ3v) is 3.53. The molecule has 18 heavy (non-hydrogen) atoms. The van der Waals surface area contributed by atoms with Gasteiger partial charge in [-0.3, -0.25) is 0 Å². The van der Waals surface area contributed by atoms with Gasteiger partial charge in [-0.1, -0.05) is 6.92 Å². The fourth-order valence-corrected chi connectivity index (χ4v) is 2.61. The molecule has 0 aromatic carbocycles. The number of nitrogens with two attached hydrogens (primary N) is 1. The number of hydrazine groups is 1. The first-order valence-corrected chi connectivity index (χ1v) is 6.73. The molecule has 0 amide bonds. The highest BCUT2D eigenvalue weighted by atomic mass is 16.5. The van der Waals surface area contributed by atoms with Crippen LogP contribution in [0.3, 0.4) is 0 Å². The Kier molecular flexibility index (Phi) is 4.14. The zero-order valence-electron chi connectivity index (χ0n) is 11.2. The highest BCUT2D eigenvalue weighted by Gasteiger charge is 2.39. The van der Waals surface area contributed by atoms with Crippen LogP contribution in [0.4, 0.5) is 5.82 Å². The van der Waals surface area contributed by atoms with Crippen LogP contribution in [0.2, 0.25) is 0 Å². The van der Waals surface area contributed by atoms with Gasteiger partial charge in [0.05, 0.1) is 0 Å². The fourth-order valence-electron chi connectivity index (χ4n) is 2.61. The second-order valence-electron chi connectivity index (χ2n) is 4.70. The molecular weight excluding hydrogens is 228 g/mol. The minimum absolute atomic E-state index is 0.300. The Morgan fingerprint density at radius 1 is 1.33 bits per heavy atom. The van der Waals surface area contributed by atoms with Crippen LogP contribution in [0.5, 0.6) is 0 Å². The molecule has 1 aromatic rings. The number of anilines is 1. The van der Waals surface area contributed by atoms with E-state index in [1.165, 1.54) is 12.8 Å². The van der Waals surface area contributed by atoms with E-state index < -0.39 is 0 Å². The minimum atomic E-state index is -0.300. The summed E-state index contributed by atoms with van der Waals surface area (Å²) >= 11 is 0. The minimum Gasteiger partial charge on any atom is -0.367 e. The summed E-state index contributed by atoms with van der Waals surface area (Å²) < 4.78 is 5.98. The molecule has 3 N–H and O–H groups in total. The Bertz CT molecular complexity index is 380. The van der Waals surface area contributed by atoms with Gasteiger partial charge in [0.15, 0.2) is 5.82 Å². The van der Waals surface area contributed by atoms with E-state index in [4.69, 9.17) is 10.6 Å². The zero-order valence-corrected chi connectivity index (χ0v) is 11.2. The van der Waals surface area contributed by atoms with Crippen molar-refractivity contribution < 1.29 is 4.74 Å². The van der Waals surface area contributed by atoms with Crippen molar-refractivity contribution in [2.45, 2.75) is 51.6 Å². The molecule has 2 rings (SSSR count). The standard InChI is InChI=1S/C13H22N4O/c1-3-10-9-11(17-14)16-12(15-10)13(18-4-2)7-5-6-8-13/h9H,3-8,14H2,1-2H3,(H,15,16,17). The molecule has 0 bridgehead atoms. The molecule has 1 aliphatic carbocycles. The molecule has 1 aromatic heterocycles. The Labute approximate surface area is 108 Å². The van der Waals surface area contributed by atoms with Crippen molar-refractivity contribution in [1.29, 1.82) is 0 Å². The van der Waals surface area contributed by atoms with E-state index in [0.29, 0.717) is 12.4 Å². The lowest BCUT2D eigenvalue weighted by Gasteiger charge is -2.27. The number of nitrogens with zero attached hydrogens (tertiary/aromatic N) is 2. The molecule has 0 aliphatic heterocycles. The lowest BCUT2D eigenvalue weighted by Crippen LogP contribution is -2.30. The first-order valence-electron chi connectivity index (χ1n) is 6.73. The Morgan fingerprint density at radius 3 is 2.61 bits per heavy atom. The van der Waals surface area contributed by atoms with Crippen LogP contribution in [-0.2, 0) is 16.8 Å². The van der Waals surface area contributed by atoms with Crippen LogP contribution >= 0.6 is 0 Å². The van der Waals surface area contributed by atoms with Gasteiger partial charge in [0.1, 0.15) is 11.4 Å². The second kappa shape index (κ2) is 5.63. The first kappa shape index (κ1) is 13.2. The van der Waals surface area contributed by atoms with Gasteiger partial charge in [-0.15, -0.1) is 0 Å². The zero-order chi connectivity index (χ0) is 13.0. The lowest BCUT2D eigenvalue weighted by molar-refractivity contribution is -0.0457. The summed E-state index contributed by atoms with van der Waals surface area (Å²) in [5.74, 6) is 6.93. The van der Waals surface area contributed by atoms with Crippen molar-refractivity contribution in [1.82, 2.24) is 9.97 Å². The van der Waals surface area contributed by atoms with E-state index in [2.05, 4.69) is 22.3 Å². The van der Waals surface area contributed by atoms with E-state index in [1.54, 1.807) is 0 Å². The number of aromatic nitrogens is 2. The Balaban J connectivity index is 2.40. The monoisotopic (exact) mass is 250 g/mol. The van der Waals surface area contributed by atoms with E-state index in [9.17, 15) is 0 Å². The quantitative estimate of drug-likeness (QED) is 0.618. The third kappa shape index (κ3) is 2.47. The second-order valence-corrected chi connectivity index (χ2v) is 4.70. The maximum Gasteiger partial charge on any atom is 0.162 e. The smallest absolute Gasteiger partial charge is 0.162 e. The van der Waals surface area contributed by atoms with Crippen molar-refractivity contribution in [3.63, 3.8) is 0 Å². The van der Waals surface area contributed by atoms with Crippen LogP contribution < -0.4 is 11.3 Å². The number of hydrogen-bond acceptors (Lipinski definition) is 5. The Hall–Kier alpha value is -1.20. The summed E-state index contributed by atoms with van der Waals surface area (Å²) in [4.78, 5) is 9.14. The molecule has 1 saturated carbocycles. The number of rotatable bonds is 5. The molecular formula is C13H22N4O. The molecule has 5 nitrogen and oxygen atoms in total. The maximum absolute atomic E-state index is 5.98. The average molecular weight is 250 g/mol. The van der Waals surface area contributed by atoms with Gasteiger partial charge in [-0.2, -0.15) is 0 Å². The summed E-state index contributed by atoms with van der Waals surface area (Å²) in [6.07, 6.45) is 5.21. The number of hydrogen-bond donors (Lipinski definition) is 2. The van der Waals surface area contributed by atoms with Crippen molar-refractivity contribution in [2.75, 3.05) is 12.0 Å². The maximum atomic E-state index is 5.98. The van der Waals surface area contributed by atoms with Crippen LogP contribution in [0.25, 0.3) is 0 Å². The molecule has 0 saturated heterocycles. The molecule has 1 fully saturated rings. The largest absolute Gasteiger partial charge is 0.367 e. The highest BCUT2D eigenvalue weighted by Crippen LogP contribution is 2.40. The van der Waals surface area contributed by atoms with Crippen molar-refractivity contribution >= 4 is 5.82 Å². The van der Waals surface area contributed by atoms with Gasteiger partial charge >= 0.3 is 0 Å². The van der Waals surface area contributed by atoms with Crippen LogP contribution in [0.15, 0.2) is 6.07 Å². The molecule has 0 unspecified atom stereocenters. The number of nitrogens with one attached hydrogen (secondary N) is 1. The average Bonchev–Trinajstić information content (AvgIpc) is 2.88. The number of aryl methyl sites for hydroxylation is 1. The summed E-state index contributed by atoms with van der Waals surface area (Å²) in [6, 6.07) is 1.89. The van der Waals surface area contributed by atoms with Gasteiger partial charge in [-0.05, 0) is 39.0 Å². The summed E-state index contributed by atoms with van der Waals surface area (Å²) in [6.45, 7) is 4.78. The molecule has 100 valence electrons. The molecule has 1 heterocycles. The van der Waals surface area contributed by atoms with Crippen LogP contribution in [-0.4, -0.2) is 16.6 Å². The van der Waals surface area contributed by atoms with Gasteiger partial charge in [-0.25, -0.2) is 15.8 Å². The van der Waals surface area contributed by atoms with Crippen LogP contribution in [0.1, 0.15) is 51.0 Å². The lowest BCUT2D eigenvalue weighted by atomic mass is 10.0. The third-order valence-electron chi connectivity index (χ3n) is 3.53. The van der Waals surface area contributed by atoms with Gasteiger partial charge in [0.2, 0.25) is 0 Å². The highest BCUT2D eigenvalue weighted by molar-refractivity contribution is 5.35. The molecule has 0 atom stereocenters. The van der Waals surface area contributed by atoms with Crippen molar-refractivity contribution in [2.24, 2.45) is 5.84 Å². The first-order chi connectivity index (χ1) is 8.74. The molecule has 0 radical (unpaired) electrons. The van der Waals surface area contributed by atoms with Gasteiger partial charge in [0, 0.05) is 18.4 Å². The fraction of sp³-hybridized carbons (Fsp3) is 0.692. The predicted molar refractivity (Wildman–Crippen MR) is 71.0 cm³/mol. The van der Waals surface area contributed by atoms with E-state index in [0.717, 1.165) is 30.8 Å². The van der Waals surface area contributed by atoms with E-state index in [1.807, 2.05) is 13.0 Å². The van der Waals surface area contributed by atoms with E-state index >= 15 is 0 Å². The summed E-state index contributed by atoms with van der Waals surface area (Å²) in [5.41, 5.74) is 3.32. The van der Waals surface area contributed by atoms with Crippen LogP contribution in [0, 0.1) is 0 Å².